The Morgan fingerprint density at radius 1 is 1.39 bits per heavy atom. The number of nitrogens with zero attached hydrogens (tertiary/aromatic N) is 3. The molecule has 1 atom stereocenters. The number of carbonyl (C=O) groups is 1. The number of aromatic nitrogens is 2. The van der Waals surface area contributed by atoms with Crippen LogP contribution in [0.4, 0.5) is 4.39 Å². The SMILES string of the molecule is CSCc1noc(CNC(=O)[C@H](c2ccc(F)cc2)N(C)C)n1. The Morgan fingerprint density at radius 2 is 2.09 bits per heavy atom. The highest BCUT2D eigenvalue weighted by molar-refractivity contribution is 7.97. The average Bonchev–Trinajstić information content (AvgIpc) is 2.95. The maximum atomic E-state index is 13.0. The predicted molar refractivity (Wildman–Crippen MR) is 86.2 cm³/mol. The number of hydrogen-bond donors (Lipinski definition) is 1. The zero-order chi connectivity index (χ0) is 16.8. The molecule has 0 fully saturated rings. The molecule has 0 aliphatic rings. The van der Waals surface area contributed by atoms with Crippen molar-refractivity contribution in [1.29, 1.82) is 0 Å². The maximum absolute atomic E-state index is 13.0. The third kappa shape index (κ3) is 4.77. The molecule has 0 aliphatic heterocycles. The number of hydrogen-bond acceptors (Lipinski definition) is 6. The van der Waals surface area contributed by atoms with Crippen LogP contribution in [0.3, 0.4) is 0 Å². The summed E-state index contributed by atoms with van der Waals surface area (Å²) in [6, 6.07) is 5.35. The van der Waals surface area contributed by atoms with Crippen LogP contribution < -0.4 is 5.32 Å². The van der Waals surface area contributed by atoms with Gasteiger partial charge < -0.3 is 9.84 Å². The Labute approximate surface area is 138 Å². The highest BCUT2D eigenvalue weighted by Crippen LogP contribution is 2.19. The second-order valence-electron chi connectivity index (χ2n) is 5.17. The van der Waals surface area contributed by atoms with E-state index in [-0.39, 0.29) is 18.3 Å². The largest absolute Gasteiger partial charge is 0.345 e. The minimum atomic E-state index is -0.524. The van der Waals surface area contributed by atoms with Crippen molar-refractivity contribution in [2.24, 2.45) is 0 Å². The molecule has 6 nitrogen and oxygen atoms in total. The van der Waals surface area contributed by atoms with E-state index in [1.807, 2.05) is 6.26 Å². The molecule has 0 bridgehead atoms. The quantitative estimate of drug-likeness (QED) is 0.832. The molecule has 124 valence electrons. The second kappa shape index (κ2) is 8.07. The summed E-state index contributed by atoms with van der Waals surface area (Å²) in [4.78, 5) is 18.4. The molecule has 1 amide bonds. The van der Waals surface area contributed by atoms with Gasteiger partial charge in [-0.25, -0.2) is 4.39 Å². The summed E-state index contributed by atoms with van der Waals surface area (Å²) in [7, 11) is 3.58. The van der Waals surface area contributed by atoms with Gasteiger partial charge in [-0.1, -0.05) is 17.3 Å². The molecule has 2 aromatic rings. The number of likely N-dealkylation sites (N-methyl/N-ethyl adjacent to an activating group) is 1. The van der Waals surface area contributed by atoms with Crippen LogP contribution in [0.15, 0.2) is 28.8 Å². The molecule has 0 saturated carbocycles. The molecule has 1 aromatic carbocycles. The van der Waals surface area contributed by atoms with E-state index in [1.165, 1.54) is 12.1 Å². The predicted octanol–water partition coefficient (Wildman–Crippen LogP) is 1.99. The number of nitrogens with one attached hydrogen (secondary N) is 1. The van der Waals surface area contributed by atoms with E-state index in [1.54, 1.807) is 42.9 Å². The molecule has 0 saturated heterocycles. The monoisotopic (exact) mass is 338 g/mol. The summed E-state index contributed by atoms with van der Waals surface area (Å²) < 4.78 is 18.1. The van der Waals surface area contributed by atoms with Crippen molar-refractivity contribution in [3.63, 3.8) is 0 Å². The van der Waals surface area contributed by atoms with E-state index in [0.29, 0.717) is 23.0 Å². The zero-order valence-electron chi connectivity index (χ0n) is 13.2. The Bertz CT molecular complexity index is 645. The van der Waals surface area contributed by atoms with Crippen molar-refractivity contribution in [1.82, 2.24) is 20.4 Å². The summed E-state index contributed by atoms with van der Waals surface area (Å²) in [6.45, 7) is 0.158. The van der Waals surface area contributed by atoms with Crippen molar-refractivity contribution in [2.45, 2.75) is 18.3 Å². The highest BCUT2D eigenvalue weighted by Gasteiger charge is 2.23. The minimum Gasteiger partial charge on any atom is -0.345 e. The summed E-state index contributed by atoms with van der Waals surface area (Å²) >= 11 is 1.59. The molecular formula is C15H19FN4O2S. The van der Waals surface area contributed by atoms with Crippen molar-refractivity contribution < 1.29 is 13.7 Å². The third-order valence-corrected chi connectivity index (χ3v) is 3.69. The molecular weight excluding hydrogens is 319 g/mol. The fourth-order valence-electron chi connectivity index (χ4n) is 2.14. The van der Waals surface area contributed by atoms with E-state index in [9.17, 15) is 9.18 Å². The van der Waals surface area contributed by atoms with Gasteiger partial charge >= 0.3 is 0 Å². The van der Waals surface area contributed by atoms with Gasteiger partial charge in [0.2, 0.25) is 11.8 Å². The van der Waals surface area contributed by atoms with Crippen molar-refractivity contribution in [3.8, 4) is 0 Å². The van der Waals surface area contributed by atoms with E-state index in [0.717, 1.165) is 0 Å². The molecule has 1 aromatic heterocycles. The molecule has 1 N–H and O–H groups in total. The average molecular weight is 338 g/mol. The molecule has 8 heteroatoms. The van der Waals surface area contributed by atoms with Gasteiger partial charge in [0, 0.05) is 0 Å². The topological polar surface area (TPSA) is 71.3 Å². The summed E-state index contributed by atoms with van der Waals surface area (Å²) in [6.07, 6.45) is 1.95. The maximum Gasteiger partial charge on any atom is 0.246 e. The smallest absolute Gasteiger partial charge is 0.246 e. The van der Waals surface area contributed by atoms with Crippen LogP contribution in [-0.2, 0) is 17.1 Å². The van der Waals surface area contributed by atoms with Crippen LogP contribution in [0.1, 0.15) is 23.3 Å². The molecule has 0 unspecified atom stereocenters. The first-order valence-corrected chi connectivity index (χ1v) is 8.40. The lowest BCUT2D eigenvalue weighted by molar-refractivity contribution is -0.126. The lowest BCUT2D eigenvalue weighted by Gasteiger charge is -2.23. The van der Waals surface area contributed by atoms with Crippen molar-refractivity contribution >= 4 is 17.7 Å². The number of carbonyl (C=O) groups excluding carboxylic acids is 1. The van der Waals surface area contributed by atoms with Gasteiger partial charge in [-0.3, -0.25) is 9.69 Å². The molecule has 2 rings (SSSR count). The second-order valence-corrected chi connectivity index (χ2v) is 6.04. The molecule has 0 radical (unpaired) electrons. The van der Waals surface area contributed by atoms with Crippen molar-refractivity contribution in [3.05, 3.63) is 47.4 Å². The first-order valence-electron chi connectivity index (χ1n) is 7.01. The van der Waals surface area contributed by atoms with Crippen LogP contribution in [0.2, 0.25) is 0 Å². The number of rotatable bonds is 7. The van der Waals surface area contributed by atoms with Crippen LogP contribution in [0.25, 0.3) is 0 Å². The number of thioether (sulfide) groups is 1. The van der Waals surface area contributed by atoms with Crippen LogP contribution >= 0.6 is 11.8 Å². The fraction of sp³-hybridized carbons (Fsp3) is 0.400. The molecule has 1 heterocycles. The zero-order valence-corrected chi connectivity index (χ0v) is 14.1. The molecule has 0 aliphatic carbocycles. The van der Waals surface area contributed by atoms with Gasteiger partial charge in [0.1, 0.15) is 11.9 Å². The normalized spacial score (nSPS) is 12.4. The number of amides is 1. The first kappa shape index (κ1) is 17.4. The van der Waals surface area contributed by atoms with Crippen LogP contribution in [-0.4, -0.2) is 41.3 Å². The molecule has 0 spiro atoms. The van der Waals surface area contributed by atoms with Gasteiger partial charge in [0.05, 0.1) is 12.3 Å². The summed E-state index contributed by atoms with van der Waals surface area (Å²) in [5.41, 5.74) is 0.711. The van der Waals surface area contributed by atoms with Crippen LogP contribution in [0, 0.1) is 5.82 Å². The van der Waals surface area contributed by atoms with Crippen LogP contribution in [0.5, 0.6) is 0 Å². The van der Waals surface area contributed by atoms with E-state index in [4.69, 9.17) is 4.52 Å². The summed E-state index contributed by atoms with van der Waals surface area (Å²) in [5.74, 6) is 1.07. The Hall–Kier alpha value is -1.93. The minimum absolute atomic E-state index is 0.158. The van der Waals surface area contributed by atoms with Gasteiger partial charge in [0.15, 0.2) is 5.82 Å². The fourth-order valence-corrected chi connectivity index (χ4v) is 2.51. The first-order chi connectivity index (χ1) is 11.0. The highest BCUT2D eigenvalue weighted by atomic mass is 32.2. The lowest BCUT2D eigenvalue weighted by Crippen LogP contribution is -2.36. The Kier molecular flexibility index (Phi) is 6.12. The van der Waals surface area contributed by atoms with E-state index >= 15 is 0 Å². The summed E-state index contributed by atoms with van der Waals surface area (Å²) in [5, 5.41) is 6.59. The van der Waals surface area contributed by atoms with Gasteiger partial charge in [0.25, 0.3) is 0 Å². The van der Waals surface area contributed by atoms with Crippen molar-refractivity contribution in [2.75, 3.05) is 20.4 Å². The van der Waals surface area contributed by atoms with Gasteiger partial charge in [-0.05, 0) is 38.0 Å². The Morgan fingerprint density at radius 3 is 2.70 bits per heavy atom. The van der Waals surface area contributed by atoms with Gasteiger partial charge in [-0.2, -0.15) is 16.7 Å². The molecule has 23 heavy (non-hydrogen) atoms. The third-order valence-electron chi connectivity index (χ3n) is 3.15. The number of benzene rings is 1. The Balaban J connectivity index is 2.02. The lowest BCUT2D eigenvalue weighted by atomic mass is 10.1. The van der Waals surface area contributed by atoms with E-state index in [2.05, 4.69) is 15.5 Å². The standard InChI is InChI=1S/C15H19FN4O2S/c1-20(2)14(10-4-6-11(16)7-5-10)15(21)17-8-13-18-12(9-23-3)19-22-13/h4-7,14H,8-9H2,1-3H3,(H,17,21)/t14-/m0/s1. The van der Waals surface area contributed by atoms with E-state index < -0.39 is 6.04 Å². The number of halogens is 1. The van der Waals surface area contributed by atoms with Gasteiger partial charge in [-0.15, -0.1) is 0 Å².